The zero-order valence-electron chi connectivity index (χ0n) is 8.33. The van der Waals surface area contributed by atoms with Gasteiger partial charge in [-0.3, -0.25) is 0 Å². The molecule has 0 spiro atoms. The molecule has 0 atom stereocenters. The molecule has 2 aromatic rings. The van der Waals surface area contributed by atoms with Gasteiger partial charge in [-0.05, 0) is 22.4 Å². The summed E-state index contributed by atoms with van der Waals surface area (Å²) < 4.78 is 2.03. The van der Waals surface area contributed by atoms with Gasteiger partial charge >= 0.3 is 5.69 Å². The van der Waals surface area contributed by atoms with Crippen molar-refractivity contribution >= 4 is 21.6 Å². The van der Waals surface area contributed by atoms with Gasteiger partial charge in [0.15, 0.2) is 5.65 Å². The zero-order valence-corrected chi connectivity index (χ0v) is 9.91. The van der Waals surface area contributed by atoms with Gasteiger partial charge in [0, 0.05) is 6.42 Å². The third-order valence-corrected chi connectivity index (χ3v) is 2.75. The SMILES string of the molecule is CCCCc1nc(=O)n2ncc(Br)c2[nH]1. The first kappa shape index (κ1) is 10.4. The lowest BCUT2D eigenvalue weighted by Crippen LogP contribution is -2.20. The van der Waals surface area contributed by atoms with Crippen LogP contribution in [-0.2, 0) is 6.42 Å². The Bertz CT molecular complexity index is 530. The summed E-state index contributed by atoms with van der Waals surface area (Å²) in [5.41, 5.74) is 0.335. The minimum atomic E-state index is -0.333. The molecule has 0 amide bonds. The van der Waals surface area contributed by atoms with Crippen LogP contribution in [0.4, 0.5) is 0 Å². The molecule has 6 heteroatoms. The molecule has 0 radical (unpaired) electrons. The number of hydrogen-bond donors (Lipinski definition) is 1. The molecule has 0 aliphatic rings. The van der Waals surface area contributed by atoms with Crippen LogP contribution in [-0.4, -0.2) is 19.6 Å². The number of nitrogens with one attached hydrogen (secondary N) is 1. The molecular weight excluding hydrogens is 260 g/mol. The average molecular weight is 271 g/mol. The lowest BCUT2D eigenvalue weighted by Gasteiger charge is -1.99. The van der Waals surface area contributed by atoms with Crippen molar-refractivity contribution < 1.29 is 0 Å². The summed E-state index contributed by atoms with van der Waals surface area (Å²) in [4.78, 5) is 18.5. The highest BCUT2D eigenvalue weighted by atomic mass is 79.9. The fourth-order valence-electron chi connectivity index (χ4n) is 1.38. The van der Waals surface area contributed by atoms with Crippen LogP contribution in [0.2, 0.25) is 0 Å². The zero-order chi connectivity index (χ0) is 10.8. The van der Waals surface area contributed by atoms with Crippen molar-refractivity contribution in [3.63, 3.8) is 0 Å². The van der Waals surface area contributed by atoms with Gasteiger partial charge in [-0.25, -0.2) is 4.79 Å². The number of H-pyrrole nitrogens is 1. The highest BCUT2D eigenvalue weighted by Crippen LogP contribution is 2.13. The molecule has 0 saturated heterocycles. The predicted octanol–water partition coefficient (Wildman–Crippen LogP) is 1.52. The molecule has 0 saturated carbocycles. The lowest BCUT2D eigenvalue weighted by molar-refractivity contribution is 0.724. The molecule has 0 aromatic carbocycles. The molecule has 80 valence electrons. The summed E-state index contributed by atoms with van der Waals surface area (Å²) in [6.45, 7) is 2.10. The average Bonchev–Trinajstić information content (AvgIpc) is 2.58. The Kier molecular flexibility index (Phi) is 2.86. The second kappa shape index (κ2) is 4.14. The van der Waals surface area contributed by atoms with Crippen molar-refractivity contribution in [1.29, 1.82) is 0 Å². The normalized spacial score (nSPS) is 11.1. The van der Waals surface area contributed by atoms with Crippen molar-refractivity contribution in [2.45, 2.75) is 26.2 Å². The minimum absolute atomic E-state index is 0.333. The number of rotatable bonds is 3. The predicted molar refractivity (Wildman–Crippen MR) is 59.9 cm³/mol. The third kappa shape index (κ3) is 1.94. The second-order valence-electron chi connectivity index (χ2n) is 3.32. The molecule has 15 heavy (non-hydrogen) atoms. The van der Waals surface area contributed by atoms with Gasteiger partial charge in [0.05, 0.1) is 10.7 Å². The quantitative estimate of drug-likeness (QED) is 0.920. The smallest absolute Gasteiger partial charge is 0.327 e. The highest BCUT2D eigenvalue weighted by Gasteiger charge is 2.07. The van der Waals surface area contributed by atoms with Crippen molar-refractivity contribution in [2.75, 3.05) is 0 Å². The molecule has 0 aliphatic carbocycles. The fraction of sp³-hybridized carbons (Fsp3) is 0.444. The van der Waals surface area contributed by atoms with E-state index in [1.165, 1.54) is 4.52 Å². The van der Waals surface area contributed by atoms with E-state index in [4.69, 9.17) is 0 Å². The number of unbranched alkanes of at least 4 members (excludes halogenated alkanes) is 1. The Balaban J connectivity index is 2.50. The van der Waals surface area contributed by atoms with Crippen LogP contribution in [0.15, 0.2) is 15.5 Å². The van der Waals surface area contributed by atoms with E-state index in [1.807, 2.05) is 0 Å². The van der Waals surface area contributed by atoms with E-state index in [-0.39, 0.29) is 5.69 Å². The Morgan fingerprint density at radius 3 is 3.13 bits per heavy atom. The maximum absolute atomic E-state index is 11.5. The molecule has 0 aliphatic heterocycles. The van der Waals surface area contributed by atoms with E-state index in [0.717, 1.165) is 29.6 Å². The summed E-state index contributed by atoms with van der Waals surface area (Å²) in [6.07, 6.45) is 4.47. The number of aryl methyl sites for hydroxylation is 1. The van der Waals surface area contributed by atoms with Crippen LogP contribution >= 0.6 is 15.9 Å². The number of fused-ring (bicyclic) bond motifs is 1. The van der Waals surface area contributed by atoms with E-state index in [2.05, 4.69) is 37.9 Å². The second-order valence-corrected chi connectivity index (χ2v) is 4.18. The number of aromatic amines is 1. The first-order valence-corrected chi connectivity index (χ1v) is 5.64. The topological polar surface area (TPSA) is 63.1 Å². The van der Waals surface area contributed by atoms with Crippen LogP contribution < -0.4 is 5.69 Å². The summed E-state index contributed by atoms with van der Waals surface area (Å²) in [5, 5.41) is 3.90. The molecular formula is C9H11BrN4O. The van der Waals surface area contributed by atoms with Crippen LogP contribution in [0.25, 0.3) is 5.65 Å². The van der Waals surface area contributed by atoms with Gasteiger partial charge in [-0.1, -0.05) is 13.3 Å². The molecule has 5 nitrogen and oxygen atoms in total. The fourth-order valence-corrected chi connectivity index (χ4v) is 1.73. The van der Waals surface area contributed by atoms with E-state index < -0.39 is 0 Å². The molecule has 0 bridgehead atoms. The molecule has 1 N–H and O–H groups in total. The Morgan fingerprint density at radius 2 is 2.40 bits per heavy atom. The third-order valence-electron chi connectivity index (χ3n) is 2.17. The van der Waals surface area contributed by atoms with Crippen molar-refractivity contribution in [3.05, 3.63) is 27.0 Å². The lowest BCUT2D eigenvalue weighted by atomic mass is 10.2. The summed E-state index contributed by atoms with van der Waals surface area (Å²) in [6, 6.07) is 0. The van der Waals surface area contributed by atoms with Gasteiger partial charge < -0.3 is 4.98 Å². The Labute approximate surface area is 94.7 Å². The van der Waals surface area contributed by atoms with Crippen molar-refractivity contribution in [2.24, 2.45) is 0 Å². The minimum Gasteiger partial charge on any atom is -0.327 e. The summed E-state index contributed by atoms with van der Waals surface area (Å²) >= 11 is 3.32. The van der Waals surface area contributed by atoms with E-state index in [9.17, 15) is 4.79 Å². The maximum Gasteiger partial charge on any atom is 0.371 e. The molecule has 2 heterocycles. The van der Waals surface area contributed by atoms with Crippen LogP contribution in [0.3, 0.4) is 0 Å². The van der Waals surface area contributed by atoms with Crippen molar-refractivity contribution in [1.82, 2.24) is 19.6 Å². The van der Waals surface area contributed by atoms with Gasteiger partial charge in [0.25, 0.3) is 0 Å². The molecule has 0 fully saturated rings. The summed E-state index contributed by atoms with van der Waals surface area (Å²) in [5.74, 6) is 0.718. The number of hydrogen-bond acceptors (Lipinski definition) is 3. The van der Waals surface area contributed by atoms with Gasteiger partial charge in [-0.2, -0.15) is 14.6 Å². The van der Waals surface area contributed by atoms with Crippen molar-refractivity contribution in [3.8, 4) is 0 Å². The monoisotopic (exact) mass is 270 g/mol. The molecule has 0 unspecified atom stereocenters. The number of aromatic nitrogens is 4. The van der Waals surface area contributed by atoms with Crippen LogP contribution in [0, 0.1) is 0 Å². The molecule has 2 aromatic heterocycles. The standard InChI is InChI=1S/C9H11BrN4O/c1-2-3-4-7-12-8-6(10)5-11-14(8)9(15)13-7/h5H,2-4H2,1H3,(H,12,13,15). The van der Waals surface area contributed by atoms with E-state index in [1.54, 1.807) is 6.20 Å². The van der Waals surface area contributed by atoms with Gasteiger partial charge in [0.2, 0.25) is 0 Å². The maximum atomic E-state index is 11.5. The largest absolute Gasteiger partial charge is 0.371 e. The van der Waals surface area contributed by atoms with Gasteiger partial charge in [-0.15, -0.1) is 0 Å². The first-order valence-electron chi connectivity index (χ1n) is 4.85. The summed E-state index contributed by atoms with van der Waals surface area (Å²) in [7, 11) is 0. The molecule has 2 rings (SSSR count). The first-order chi connectivity index (χ1) is 7.22. The van der Waals surface area contributed by atoms with Crippen LogP contribution in [0.1, 0.15) is 25.6 Å². The van der Waals surface area contributed by atoms with Crippen LogP contribution in [0.5, 0.6) is 0 Å². The number of halogens is 1. The Hall–Kier alpha value is -1.17. The Morgan fingerprint density at radius 1 is 1.60 bits per heavy atom. The van der Waals surface area contributed by atoms with Gasteiger partial charge in [0.1, 0.15) is 5.82 Å². The van der Waals surface area contributed by atoms with E-state index >= 15 is 0 Å². The number of nitrogens with zero attached hydrogens (tertiary/aromatic N) is 3. The van der Waals surface area contributed by atoms with E-state index in [0.29, 0.717) is 5.65 Å². The highest BCUT2D eigenvalue weighted by molar-refractivity contribution is 9.10.